The molecule has 0 aromatic rings. The quantitative estimate of drug-likeness (QED) is 0.685. The Balaban J connectivity index is 1.80. The van der Waals surface area contributed by atoms with Gasteiger partial charge in [0.05, 0.1) is 0 Å². The molecule has 2 bridgehead atoms. The summed E-state index contributed by atoms with van der Waals surface area (Å²) in [4.78, 5) is 11.7. The molecule has 2 aliphatic carbocycles. The van der Waals surface area contributed by atoms with E-state index >= 15 is 0 Å². The van der Waals surface area contributed by atoms with Crippen molar-refractivity contribution in [2.75, 3.05) is 0 Å². The Morgan fingerprint density at radius 2 is 1.93 bits per heavy atom. The van der Waals surface area contributed by atoms with Gasteiger partial charge in [-0.25, -0.2) is 4.79 Å². The second-order valence-electron chi connectivity index (χ2n) is 6.13. The summed E-state index contributed by atoms with van der Waals surface area (Å²) in [5, 5.41) is 6.07. The van der Waals surface area contributed by atoms with Crippen LogP contribution in [-0.2, 0) is 0 Å². The van der Waals surface area contributed by atoms with Crippen molar-refractivity contribution >= 4 is 6.03 Å². The molecule has 15 heavy (non-hydrogen) atoms. The van der Waals surface area contributed by atoms with Gasteiger partial charge in [-0.1, -0.05) is 6.42 Å². The van der Waals surface area contributed by atoms with Crippen LogP contribution in [0.25, 0.3) is 0 Å². The van der Waals surface area contributed by atoms with Gasteiger partial charge in [-0.05, 0) is 51.9 Å². The largest absolute Gasteiger partial charge is 0.335 e. The van der Waals surface area contributed by atoms with Crippen molar-refractivity contribution in [3.8, 4) is 0 Å². The zero-order valence-electron chi connectivity index (χ0n) is 9.97. The van der Waals surface area contributed by atoms with Crippen LogP contribution in [0.1, 0.15) is 46.5 Å². The van der Waals surface area contributed by atoms with Crippen LogP contribution in [0.5, 0.6) is 0 Å². The lowest BCUT2D eigenvalue weighted by Gasteiger charge is -2.26. The van der Waals surface area contributed by atoms with Crippen molar-refractivity contribution in [3.05, 3.63) is 0 Å². The zero-order valence-corrected chi connectivity index (χ0v) is 9.97. The molecule has 3 atom stereocenters. The highest BCUT2D eigenvalue weighted by Gasteiger charge is 2.40. The number of urea groups is 1. The van der Waals surface area contributed by atoms with Gasteiger partial charge in [-0.2, -0.15) is 0 Å². The van der Waals surface area contributed by atoms with Crippen LogP contribution >= 0.6 is 0 Å². The second-order valence-corrected chi connectivity index (χ2v) is 6.13. The van der Waals surface area contributed by atoms with E-state index in [1.165, 1.54) is 25.7 Å². The molecular formula is C12H22N2O. The zero-order chi connectivity index (χ0) is 11.1. The molecule has 2 fully saturated rings. The number of amides is 2. The normalized spacial score (nSPS) is 34.2. The summed E-state index contributed by atoms with van der Waals surface area (Å²) in [5.74, 6) is 1.63. The fraction of sp³-hybridized carbons (Fsp3) is 0.917. The van der Waals surface area contributed by atoms with Crippen LogP contribution < -0.4 is 10.6 Å². The number of hydrogen-bond donors (Lipinski definition) is 2. The maximum Gasteiger partial charge on any atom is 0.315 e. The SMILES string of the molecule is CC(C)(C)NC(=O)NC1CC2CCC1C2. The first-order chi connectivity index (χ1) is 6.94. The predicted molar refractivity (Wildman–Crippen MR) is 60.7 cm³/mol. The molecule has 0 aromatic heterocycles. The van der Waals surface area contributed by atoms with Gasteiger partial charge >= 0.3 is 6.03 Å². The standard InChI is InChI=1S/C12H22N2O/c1-12(2,3)14-11(15)13-10-7-8-4-5-9(10)6-8/h8-10H,4-7H2,1-3H3,(H2,13,14,15). The second kappa shape index (κ2) is 3.69. The summed E-state index contributed by atoms with van der Waals surface area (Å²) < 4.78 is 0. The first kappa shape index (κ1) is 10.8. The number of carbonyl (C=O) groups excluding carboxylic acids is 1. The van der Waals surface area contributed by atoms with Gasteiger partial charge < -0.3 is 10.6 Å². The van der Waals surface area contributed by atoms with E-state index in [0.717, 1.165) is 11.8 Å². The third-order valence-corrected chi connectivity index (χ3v) is 3.54. The topological polar surface area (TPSA) is 41.1 Å². The van der Waals surface area contributed by atoms with Crippen LogP contribution in [0.2, 0.25) is 0 Å². The Morgan fingerprint density at radius 3 is 2.40 bits per heavy atom. The number of nitrogens with one attached hydrogen (secondary N) is 2. The number of carbonyl (C=O) groups is 1. The van der Waals surface area contributed by atoms with E-state index in [0.29, 0.717) is 6.04 Å². The fourth-order valence-corrected chi connectivity index (χ4v) is 2.97. The highest BCUT2D eigenvalue weighted by Crippen LogP contribution is 2.44. The van der Waals surface area contributed by atoms with Crippen LogP contribution in [0.15, 0.2) is 0 Å². The Bertz CT molecular complexity index is 257. The lowest BCUT2D eigenvalue weighted by atomic mass is 9.95. The van der Waals surface area contributed by atoms with Gasteiger partial charge in [0, 0.05) is 11.6 Å². The Morgan fingerprint density at radius 1 is 1.20 bits per heavy atom. The summed E-state index contributed by atoms with van der Waals surface area (Å²) in [6.45, 7) is 6.02. The Kier molecular flexibility index (Phi) is 2.65. The predicted octanol–water partition coefficient (Wildman–Crippen LogP) is 2.27. The minimum atomic E-state index is -0.137. The average Bonchev–Trinajstić information content (AvgIpc) is 2.60. The number of hydrogen-bond acceptors (Lipinski definition) is 1. The molecule has 3 unspecified atom stereocenters. The maximum absolute atomic E-state index is 11.7. The van der Waals surface area contributed by atoms with Crippen molar-refractivity contribution < 1.29 is 4.79 Å². The van der Waals surface area contributed by atoms with E-state index in [1.807, 2.05) is 20.8 Å². The summed E-state index contributed by atoms with van der Waals surface area (Å²) in [6.07, 6.45) is 5.22. The first-order valence-corrected chi connectivity index (χ1v) is 6.03. The molecule has 0 aromatic carbocycles. The van der Waals surface area contributed by atoms with Crippen molar-refractivity contribution in [1.82, 2.24) is 10.6 Å². The Hall–Kier alpha value is -0.730. The van der Waals surface area contributed by atoms with Gasteiger partial charge in [0.15, 0.2) is 0 Å². The number of fused-ring (bicyclic) bond motifs is 2. The third kappa shape index (κ3) is 2.64. The lowest BCUT2D eigenvalue weighted by molar-refractivity contribution is 0.222. The molecule has 2 saturated carbocycles. The summed E-state index contributed by atoms with van der Waals surface area (Å²) in [6, 6.07) is 0.436. The summed E-state index contributed by atoms with van der Waals surface area (Å²) >= 11 is 0. The van der Waals surface area contributed by atoms with E-state index < -0.39 is 0 Å². The van der Waals surface area contributed by atoms with Crippen molar-refractivity contribution in [2.45, 2.75) is 58.0 Å². The van der Waals surface area contributed by atoms with E-state index in [-0.39, 0.29) is 11.6 Å². The first-order valence-electron chi connectivity index (χ1n) is 6.03. The molecule has 86 valence electrons. The molecule has 2 rings (SSSR count). The van der Waals surface area contributed by atoms with Gasteiger partial charge in [-0.3, -0.25) is 0 Å². The highest BCUT2D eigenvalue weighted by atomic mass is 16.2. The molecule has 0 radical (unpaired) electrons. The van der Waals surface area contributed by atoms with E-state index in [4.69, 9.17) is 0 Å². The summed E-state index contributed by atoms with van der Waals surface area (Å²) in [7, 11) is 0. The molecule has 0 saturated heterocycles. The third-order valence-electron chi connectivity index (χ3n) is 3.54. The molecule has 3 nitrogen and oxygen atoms in total. The van der Waals surface area contributed by atoms with Gasteiger partial charge in [0.1, 0.15) is 0 Å². The van der Waals surface area contributed by atoms with Crippen LogP contribution in [-0.4, -0.2) is 17.6 Å². The van der Waals surface area contributed by atoms with Crippen LogP contribution in [0, 0.1) is 11.8 Å². The van der Waals surface area contributed by atoms with Gasteiger partial charge in [0.25, 0.3) is 0 Å². The molecular weight excluding hydrogens is 188 g/mol. The average molecular weight is 210 g/mol. The molecule has 3 heteroatoms. The van der Waals surface area contributed by atoms with Crippen molar-refractivity contribution in [1.29, 1.82) is 0 Å². The smallest absolute Gasteiger partial charge is 0.315 e. The van der Waals surface area contributed by atoms with Gasteiger partial charge in [-0.15, -0.1) is 0 Å². The molecule has 0 heterocycles. The van der Waals surface area contributed by atoms with E-state index in [2.05, 4.69) is 10.6 Å². The number of rotatable bonds is 1. The minimum Gasteiger partial charge on any atom is -0.335 e. The Labute approximate surface area is 92.0 Å². The highest BCUT2D eigenvalue weighted by molar-refractivity contribution is 5.75. The van der Waals surface area contributed by atoms with Gasteiger partial charge in [0.2, 0.25) is 0 Å². The molecule has 0 aliphatic heterocycles. The van der Waals surface area contributed by atoms with Crippen LogP contribution in [0.4, 0.5) is 4.79 Å². The molecule has 2 aliphatic rings. The minimum absolute atomic E-state index is 0.0000463. The maximum atomic E-state index is 11.7. The van der Waals surface area contributed by atoms with Crippen molar-refractivity contribution in [2.24, 2.45) is 11.8 Å². The summed E-state index contributed by atoms with van der Waals surface area (Å²) in [5.41, 5.74) is -0.137. The van der Waals surface area contributed by atoms with Crippen molar-refractivity contribution in [3.63, 3.8) is 0 Å². The van der Waals surface area contributed by atoms with E-state index in [9.17, 15) is 4.79 Å². The van der Waals surface area contributed by atoms with Crippen LogP contribution in [0.3, 0.4) is 0 Å². The lowest BCUT2D eigenvalue weighted by Crippen LogP contribution is -2.50. The monoisotopic (exact) mass is 210 g/mol. The fourth-order valence-electron chi connectivity index (χ4n) is 2.97. The molecule has 2 amide bonds. The van der Waals surface area contributed by atoms with E-state index in [1.54, 1.807) is 0 Å². The molecule has 0 spiro atoms. The molecule has 2 N–H and O–H groups in total.